The summed E-state index contributed by atoms with van der Waals surface area (Å²) in [5.41, 5.74) is 1.43. The minimum atomic E-state index is -0.757. The Kier molecular flexibility index (Phi) is 4.30. The standard InChI is InChI=1S/C10H19N3O4/c1-10(2,3)17-9(15)12-6-4-5-16-7(6)8(14)13-11/h6-7H,4-5,11H2,1-3H3,(H,12,15)(H,13,14). The minimum Gasteiger partial charge on any atom is -0.444 e. The van der Waals surface area contributed by atoms with E-state index in [1.165, 1.54) is 0 Å². The van der Waals surface area contributed by atoms with E-state index in [9.17, 15) is 9.59 Å². The van der Waals surface area contributed by atoms with E-state index in [-0.39, 0.29) is 0 Å². The number of alkyl carbamates (subject to hydrolysis) is 1. The van der Waals surface area contributed by atoms with Crippen molar-refractivity contribution in [3.63, 3.8) is 0 Å². The Morgan fingerprint density at radius 3 is 2.59 bits per heavy atom. The summed E-state index contributed by atoms with van der Waals surface area (Å²) in [6.07, 6.45) is -0.771. The van der Waals surface area contributed by atoms with Gasteiger partial charge < -0.3 is 14.8 Å². The van der Waals surface area contributed by atoms with Gasteiger partial charge in [-0.25, -0.2) is 10.6 Å². The molecule has 7 heteroatoms. The number of hydrogen-bond donors (Lipinski definition) is 3. The monoisotopic (exact) mass is 245 g/mol. The molecule has 0 radical (unpaired) electrons. The molecule has 0 spiro atoms. The first kappa shape index (κ1) is 13.7. The molecule has 1 aliphatic heterocycles. The van der Waals surface area contributed by atoms with Gasteiger partial charge in [0, 0.05) is 6.61 Å². The molecule has 1 aliphatic rings. The topological polar surface area (TPSA) is 103 Å². The normalized spacial score (nSPS) is 24.2. The Labute approximate surface area is 100.0 Å². The van der Waals surface area contributed by atoms with Crippen molar-refractivity contribution in [2.75, 3.05) is 6.61 Å². The molecule has 17 heavy (non-hydrogen) atoms. The van der Waals surface area contributed by atoms with Crippen LogP contribution in [0.1, 0.15) is 27.2 Å². The third kappa shape index (κ3) is 4.20. The van der Waals surface area contributed by atoms with Gasteiger partial charge in [-0.15, -0.1) is 0 Å². The molecule has 1 saturated heterocycles. The van der Waals surface area contributed by atoms with Gasteiger partial charge in [0.2, 0.25) is 0 Å². The molecule has 1 heterocycles. The number of ether oxygens (including phenoxy) is 2. The zero-order valence-corrected chi connectivity index (χ0v) is 10.3. The predicted octanol–water partition coefficient (Wildman–Crippen LogP) is -0.341. The molecule has 2 unspecified atom stereocenters. The van der Waals surface area contributed by atoms with Crippen LogP contribution in [0, 0.1) is 0 Å². The van der Waals surface area contributed by atoms with E-state index in [0.717, 1.165) is 0 Å². The minimum absolute atomic E-state index is 0.401. The lowest BCUT2D eigenvalue weighted by atomic mass is 10.1. The Hall–Kier alpha value is -1.34. The van der Waals surface area contributed by atoms with Gasteiger partial charge in [-0.05, 0) is 27.2 Å². The van der Waals surface area contributed by atoms with Crippen LogP contribution in [0.2, 0.25) is 0 Å². The van der Waals surface area contributed by atoms with Crippen LogP contribution in [0.3, 0.4) is 0 Å². The summed E-state index contributed by atoms with van der Waals surface area (Å²) in [7, 11) is 0. The summed E-state index contributed by atoms with van der Waals surface area (Å²) in [5, 5.41) is 2.60. The summed E-state index contributed by atoms with van der Waals surface area (Å²) in [5.74, 6) is 4.57. The molecule has 1 rings (SSSR count). The summed E-state index contributed by atoms with van der Waals surface area (Å²) in [4.78, 5) is 22.9. The average molecular weight is 245 g/mol. The number of carbonyl (C=O) groups is 2. The highest BCUT2D eigenvalue weighted by Crippen LogP contribution is 2.15. The summed E-state index contributed by atoms with van der Waals surface area (Å²) < 4.78 is 10.3. The van der Waals surface area contributed by atoms with Crippen molar-refractivity contribution in [2.45, 2.75) is 44.9 Å². The SMILES string of the molecule is CC(C)(C)OC(=O)NC1CCOC1C(=O)NN. The Morgan fingerprint density at radius 1 is 1.41 bits per heavy atom. The smallest absolute Gasteiger partial charge is 0.407 e. The highest BCUT2D eigenvalue weighted by molar-refractivity contribution is 5.82. The van der Waals surface area contributed by atoms with E-state index in [2.05, 4.69) is 5.32 Å². The lowest BCUT2D eigenvalue weighted by Gasteiger charge is -2.23. The number of rotatable bonds is 2. The molecule has 2 amide bonds. The Balaban J connectivity index is 2.50. The molecule has 0 aliphatic carbocycles. The molecule has 4 N–H and O–H groups in total. The first-order valence-corrected chi connectivity index (χ1v) is 5.45. The summed E-state index contributed by atoms with van der Waals surface area (Å²) in [6, 6.07) is -0.409. The van der Waals surface area contributed by atoms with Crippen LogP contribution >= 0.6 is 0 Å². The van der Waals surface area contributed by atoms with E-state index >= 15 is 0 Å². The maximum absolute atomic E-state index is 11.5. The van der Waals surface area contributed by atoms with Crippen LogP contribution < -0.4 is 16.6 Å². The zero-order valence-electron chi connectivity index (χ0n) is 10.3. The highest BCUT2D eigenvalue weighted by atomic mass is 16.6. The van der Waals surface area contributed by atoms with Gasteiger partial charge >= 0.3 is 6.09 Å². The van der Waals surface area contributed by atoms with E-state index in [1.807, 2.05) is 5.43 Å². The molecule has 0 saturated carbocycles. The molecule has 0 bridgehead atoms. The first-order valence-electron chi connectivity index (χ1n) is 5.45. The molecular weight excluding hydrogens is 226 g/mol. The molecule has 98 valence electrons. The van der Waals surface area contributed by atoms with Crippen molar-refractivity contribution in [1.29, 1.82) is 0 Å². The third-order valence-electron chi connectivity index (χ3n) is 2.19. The number of hydrogen-bond acceptors (Lipinski definition) is 5. The van der Waals surface area contributed by atoms with Crippen molar-refractivity contribution >= 4 is 12.0 Å². The van der Waals surface area contributed by atoms with Crippen molar-refractivity contribution in [3.05, 3.63) is 0 Å². The Morgan fingerprint density at radius 2 is 2.06 bits per heavy atom. The van der Waals surface area contributed by atoms with E-state index in [4.69, 9.17) is 15.3 Å². The molecule has 0 aromatic carbocycles. The van der Waals surface area contributed by atoms with Gasteiger partial charge in [-0.2, -0.15) is 0 Å². The van der Waals surface area contributed by atoms with Crippen LogP contribution in [0.4, 0.5) is 4.79 Å². The van der Waals surface area contributed by atoms with Crippen LogP contribution in [0.5, 0.6) is 0 Å². The van der Waals surface area contributed by atoms with Gasteiger partial charge in [0.15, 0.2) is 6.10 Å². The molecular formula is C10H19N3O4. The van der Waals surface area contributed by atoms with E-state index < -0.39 is 29.7 Å². The first-order chi connectivity index (χ1) is 7.83. The number of nitrogens with one attached hydrogen (secondary N) is 2. The van der Waals surface area contributed by atoms with Gasteiger partial charge in [0.1, 0.15) is 5.60 Å². The fourth-order valence-corrected chi connectivity index (χ4v) is 1.54. The summed E-state index contributed by atoms with van der Waals surface area (Å²) in [6.45, 7) is 5.70. The van der Waals surface area contributed by atoms with Crippen LogP contribution in [-0.4, -0.2) is 36.4 Å². The van der Waals surface area contributed by atoms with Crippen LogP contribution in [0.15, 0.2) is 0 Å². The zero-order chi connectivity index (χ0) is 13.1. The van der Waals surface area contributed by atoms with Gasteiger partial charge in [-0.3, -0.25) is 10.2 Å². The maximum atomic E-state index is 11.5. The second kappa shape index (κ2) is 5.33. The predicted molar refractivity (Wildman–Crippen MR) is 59.8 cm³/mol. The second-order valence-electron chi connectivity index (χ2n) is 4.84. The molecule has 7 nitrogen and oxygen atoms in total. The molecule has 2 atom stereocenters. The quantitative estimate of drug-likeness (QED) is 0.351. The van der Waals surface area contributed by atoms with E-state index in [1.54, 1.807) is 20.8 Å². The lowest BCUT2D eigenvalue weighted by Crippen LogP contribution is -2.50. The van der Waals surface area contributed by atoms with Crippen molar-refractivity contribution in [2.24, 2.45) is 5.84 Å². The number of carbonyl (C=O) groups excluding carboxylic acids is 2. The van der Waals surface area contributed by atoms with Gasteiger partial charge in [0.05, 0.1) is 6.04 Å². The lowest BCUT2D eigenvalue weighted by molar-refractivity contribution is -0.130. The Bertz CT molecular complexity index is 300. The van der Waals surface area contributed by atoms with Crippen molar-refractivity contribution < 1.29 is 19.1 Å². The number of amides is 2. The van der Waals surface area contributed by atoms with Gasteiger partial charge in [-0.1, -0.05) is 0 Å². The average Bonchev–Trinajstić information content (AvgIpc) is 2.61. The van der Waals surface area contributed by atoms with Crippen molar-refractivity contribution in [3.8, 4) is 0 Å². The highest BCUT2D eigenvalue weighted by Gasteiger charge is 2.35. The summed E-state index contributed by atoms with van der Waals surface area (Å²) >= 11 is 0. The molecule has 0 aromatic heterocycles. The molecule has 1 fully saturated rings. The largest absolute Gasteiger partial charge is 0.444 e. The number of hydrazine groups is 1. The van der Waals surface area contributed by atoms with Crippen molar-refractivity contribution in [1.82, 2.24) is 10.7 Å². The number of nitrogens with two attached hydrogens (primary N) is 1. The van der Waals surface area contributed by atoms with Crippen LogP contribution in [0.25, 0.3) is 0 Å². The second-order valence-corrected chi connectivity index (χ2v) is 4.84. The molecule has 0 aromatic rings. The van der Waals surface area contributed by atoms with Crippen LogP contribution in [-0.2, 0) is 14.3 Å². The fourth-order valence-electron chi connectivity index (χ4n) is 1.54. The third-order valence-corrected chi connectivity index (χ3v) is 2.19. The van der Waals surface area contributed by atoms with Gasteiger partial charge in [0.25, 0.3) is 5.91 Å². The van der Waals surface area contributed by atoms with E-state index in [0.29, 0.717) is 13.0 Å². The fraction of sp³-hybridized carbons (Fsp3) is 0.800. The maximum Gasteiger partial charge on any atom is 0.407 e.